The number of hydrogen-bond donors (Lipinski definition) is 1. The molecule has 0 bridgehead atoms. The van der Waals surface area contributed by atoms with Crippen molar-refractivity contribution in [3.05, 3.63) is 35.9 Å². The SMILES string of the molecule is CC(CN)C(=O)N1CCOCC1c1ccccc1.Cl. The van der Waals surface area contributed by atoms with Crippen LogP contribution in [-0.2, 0) is 9.53 Å². The number of halogens is 1. The molecular formula is C14H21ClN2O2. The van der Waals surface area contributed by atoms with Crippen molar-refractivity contribution in [3.63, 3.8) is 0 Å². The number of hydrogen-bond acceptors (Lipinski definition) is 3. The summed E-state index contributed by atoms with van der Waals surface area (Å²) in [6, 6.07) is 10.0. The molecule has 0 radical (unpaired) electrons. The maximum absolute atomic E-state index is 12.3. The van der Waals surface area contributed by atoms with Crippen molar-refractivity contribution < 1.29 is 9.53 Å². The molecule has 2 N–H and O–H groups in total. The zero-order chi connectivity index (χ0) is 13.0. The molecule has 0 aromatic heterocycles. The Hall–Kier alpha value is -1.10. The Bertz CT molecular complexity index is 400. The molecule has 1 aromatic carbocycles. The van der Waals surface area contributed by atoms with Crippen LogP contribution in [0, 0.1) is 5.92 Å². The molecule has 106 valence electrons. The molecule has 19 heavy (non-hydrogen) atoms. The van der Waals surface area contributed by atoms with Crippen molar-refractivity contribution in [3.8, 4) is 0 Å². The van der Waals surface area contributed by atoms with Crippen LogP contribution in [0.1, 0.15) is 18.5 Å². The second-order valence-corrected chi connectivity index (χ2v) is 4.67. The fourth-order valence-electron chi connectivity index (χ4n) is 2.20. The van der Waals surface area contributed by atoms with E-state index >= 15 is 0 Å². The van der Waals surface area contributed by atoms with Gasteiger partial charge in [0.2, 0.25) is 5.91 Å². The van der Waals surface area contributed by atoms with Gasteiger partial charge >= 0.3 is 0 Å². The van der Waals surface area contributed by atoms with Crippen molar-refractivity contribution in [2.45, 2.75) is 13.0 Å². The average molecular weight is 285 g/mol. The van der Waals surface area contributed by atoms with Crippen molar-refractivity contribution in [2.24, 2.45) is 11.7 Å². The Morgan fingerprint density at radius 3 is 2.79 bits per heavy atom. The zero-order valence-electron chi connectivity index (χ0n) is 11.1. The number of carbonyl (C=O) groups excluding carboxylic acids is 1. The molecule has 5 heteroatoms. The Balaban J connectivity index is 0.00000180. The number of morpholine rings is 1. The van der Waals surface area contributed by atoms with Crippen LogP contribution >= 0.6 is 12.4 Å². The van der Waals surface area contributed by atoms with Gasteiger partial charge in [0.25, 0.3) is 0 Å². The van der Waals surface area contributed by atoms with Gasteiger partial charge in [-0.05, 0) is 5.56 Å². The summed E-state index contributed by atoms with van der Waals surface area (Å²) in [6.45, 7) is 4.07. The first-order valence-corrected chi connectivity index (χ1v) is 6.37. The summed E-state index contributed by atoms with van der Waals surface area (Å²) in [4.78, 5) is 14.2. The summed E-state index contributed by atoms with van der Waals surface area (Å²) < 4.78 is 5.51. The number of benzene rings is 1. The first-order chi connectivity index (χ1) is 8.74. The molecule has 1 fully saturated rings. The summed E-state index contributed by atoms with van der Waals surface area (Å²) >= 11 is 0. The van der Waals surface area contributed by atoms with Crippen LogP contribution in [0.4, 0.5) is 0 Å². The van der Waals surface area contributed by atoms with Crippen LogP contribution in [0.15, 0.2) is 30.3 Å². The molecule has 0 spiro atoms. The molecule has 1 heterocycles. The predicted octanol–water partition coefficient (Wildman–Crippen LogP) is 1.60. The molecule has 0 saturated carbocycles. The highest BCUT2D eigenvalue weighted by atomic mass is 35.5. The number of ether oxygens (including phenoxy) is 1. The van der Waals surface area contributed by atoms with E-state index in [4.69, 9.17) is 10.5 Å². The summed E-state index contributed by atoms with van der Waals surface area (Å²) in [5.74, 6) is -0.0102. The molecule has 2 rings (SSSR count). The van der Waals surface area contributed by atoms with E-state index in [1.165, 1.54) is 0 Å². The number of carbonyl (C=O) groups is 1. The highest BCUT2D eigenvalue weighted by Gasteiger charge is 2.30. The summed E-state index contributed by atoms with van der Waals surface area (Å²) in [6.07, 6.45) is 0. The third kappa shape index (κ3) is 3.69. The molecule has 1 aliphatic heterocycles. The monoisotopic (exact) mass is 284 g/mol. The molecule has 1 aromatic rings. The Morgan fingerprint density at radius 1 is 1.47 bits per heavy atom. The Labute approximate surface area is 120 Å². The maximum atomic E-state index is 12.3. The van der Waals surface area contributed by atoms with E-state index in [0.29, 0.717) is 26.3 Å². The molecule has 2 unspecified atom stereocenters. The van der Waals surface area contributed by atoms with Crippen molar-refractivity contribution in [1.29, 1.82) is 0 Å². The lowest BCUT2D eigenvalue weighted by Crippen LogP contribution is -2.46. The van der Waals surface area contributed by atoms with Crippen molar-refractivity contribution in [1.82, 2.24) is 4.90 Å². The van der Waals surface area contributed by atoms with Crippen LogP contribution in [0.5, 0.6) is 0 Å². The number of rotatable bonds is 3. The quantitative estimate of drug-likeness (QED) is 0.917. The van der Waals surface area contributed by atoms with Crippen molar-refractivity contribution >= 4 is 18.3 Å². The molecule has 2 atom stereocenters. The van der Waals surface area contributed by atoms with Crippen LogP contribution in [0.2, 0.25) is 0 Å². The van der Waals surface area contributed by atoms with Crippen LogP contribution in [0.3, 0.4) is 0 Å². The molecule has 1 saturated heterocycles. The van der Waals surface area contributed by atoms with Crippen LogP contribution in [0.25, 0.3) is 0 Å². The van der Waals surface area contributed by atoms with E-state index in [1.54, 1.807) is 0 Å². The number of nitrogens with zero attached hydrogens (tertiary/aromatic N) is 1. The predicted molar refractivity (Wildman–Crippen MR) is 77.2 cm³/mol. The lowest BCUT2D eigenvalue weighted by molar-refractivity contribution is -0.143. The van der Waals surface area contributed by atoms with Crippen LogP contribution in [-0.4, -0.2) is 37.1 Å². The molecular weight excluding hydrogens is 264 g/mol. The molecule has 4 nitrogen and oxygen atoms in total. The first-order valence-electron chi connectivity index (χ1n) is 6.37. The lowest BCUT2D eigenvalue weighted by Gasteiger charge is -2.37. The Morgan fingerprint density at radius 2 is 2.16 bits per heavy atom. The lowest BCUT2D eigenvalue weighted by atomic mass is 10.0. The zero-order valence-corrected chi connectivity index (χ0v) is 11.9. The Kier molecular flexibility index (Phi) is 6.28. The van der Waals surface area contributed by atoms with Gasteiger partial charge in [0.05, 0.1) is 19.3 Å². The van der Waals surface area contributed by atoms with Gasteiger partial charge in [-0.1, -0.05) is 37.3 Å². The highest BCUT2D eigenvalue weighted by Crippen LogP contribution is 2.25. The smallest absolute Gasteiger partial charge is 0.227 e. The summed E-state index contributed by atoms with van der Waals surface area (Å²) in [5, 5.41) is 0. The average Bonchev–Trinajstić information content (AvgIpc) is 2.46. The largest absolute Gasteiger partial charge is 0.377 e. The van der Waals surface area contributed by atoms with Gasteiger partial charge in [-0.3, -0.25) is 4.79 Å². The highest BCUT2D eigenvalue weighted by molar-refractivity contribution is 5.85. The van der Waals surface area contributed by atoms with Crippen LogP contribution < -0.4 is 5.73 Å². The van der Waals surface area contributed by atoms with Gasteiger partial charge in [0.15, 0.2) is 0 Å². The fourth-order valence-corrected chi connectivity index (χ4v) is 2.20. The van der Waals surface area contributed by atoms with Crippen molar-refractivity contribution in [2.75, 3.05) is 26.3 Å². The third-order valence-electron chi connectivity index (χ3n) is 3.37. The summed E-state index contributed by atoms with van der Waals surface area (Å²) in [7, 11) is 0. The van der Waals surface area contributed by atoms with E-state index in [2.05, 4.69) is 0 Å². The van der Waals surface area contributed by atoms with Gasteiger partial charge in [-0.15, -0.1) is 12.4 Å². The number of nitrogens with two attached hydrogens (primary N) is 1. The van der Waals surface area contributed by atoms with Gasteiger partial charge in [0, 0.05) is 19.0 Å². The minimum Gasteiger partial charge on any atom is -0.377 e. The van der Waals surface area contributed by atoms with E-state index < -0.39 is 0 Å². The molecule has 1 amide bonds. The normalized spacial score (nSPS) is 20.5. The fraction of sp³-hybridized carbons (Fsp3) is 0.500. The van der Waals surface area contributed by atoms with E-state index in [0.717, 1.165) is 5.56 Å². The van der Waals surface area contributed by atoms with E-state index in [1.807, 2.05) is 42.2 Å². The first kappa shape index (κ1) is 16.0. The third-order valence-corrected chi connectivity index (χ3v) is 3.37. The van der Waals surface area contributed by atoms with Gasteiger partial charge in [-0.2, -0.15) is 0 Å². The topological polar surface area (TPSA) is 55.6 Å². The maximum Gasteiger partial charge on any atom is 0.227 e. The second kappa shape index (κ2) is 7.48. The minimum absolute atomic E-state index is 0. The molecule has 1 aliphatic rings. The van der Waals surface area contributed by atoms with Gasteiger partial charge in [0.1, 0.15) is 0 Å². The van der Waals surface area contributed by atoms with Gasteiger partial charge in [-0.25, -0.2) is 0 Å². The molecule has 0 aliphatic carbocycles. The van der Waals surface area contributed by atoms with E-state index in [9.17, 15) is 4.79 Å². The second-order valence-electron chi connectivity index (χ2n) is 4.67. The summed E-state index contributed by atoms with van der Waals surface area (Å²) in [5.41, 5.74) is 6.71. The van der Waals surface area contributed by atoms with E-state index in [-0.39, 0.29) is 30.3 Å². The standard InChI is InChI=1S/C14H20N2O2.ClH/c1-11(9-15)14(17)16-7-8-18-10-13(16)12-5-3-2-4-6-12;/h2-6,11,13H,7-10,15H2,1H3;1H. The number of amides is 1. The van der Waals surface area contributed by atoms with Gasteiger partial charge < -0.3 is 15.4 Å². The minimum atomic E-state index is -0.130.